The van der Waals surface area contributed by atoms with Crippen molar-refractivity contribution in [1.29, 1.82) is 0 Å². The second-order valence-electron chi connectivity index (χ2n) is 8.98. The van der Waals surface area contributed by atoms with Gasteiger partial charge in [-0.05, 0) is 38.8 Å². The van der Waals surface area contributed by atoms with Crippen molar-refractivity contribution >= 4 is 23.3 Å². The molecule has 1 saturated heterocycles. The van der Waals surface area contributed by atoms with Crippen LogP contribution < -0.4 is 14.8 Å². The van der Waals surface area contributed by atoms with Gasteiger partial charge < -0.3 is 24.8 Å². The molecule has 5 rings (SSSR count). The monoisotopic (exact) mass is 451 g/mol. The first-order valence-electron chi connectivity index (χ1n) is 10.9. The summed E-state index contributed by atoms with van der Waals surface area (Å²) >= 11 is 0. The smallest absolute Gasteiger partial charge is 0.407 e. The number of aromatic nitrogens is 3. The Kier molecular flexibility index (Phi) is 5.07. The highest BCUT2D eigenvalue weighted by Gasteiger charge is 2.33. The Balaban J connectivity index is 1.43. The van der Waals surface area contributed by atoms with E-state index in [2.05, 4.69) is 15.4 Å². The fourth-order valence-corrected chi connectivity index (χ4v) is 4.47. The zero-order chi connectivity index (χ0) is 23.2. The molecule has 2 aliphatic rings. The van der Waals surface area contributed by atoms with E-state index in [1.165, 1.54) is 15.6 Å². The first kappa shape index (κ1) is 21.0. The molecular weight excluding hydrogens is 426 g/mol. The molecule has 0 spiro atoms. The molecule has 4 heterocycles. The number of nitrogens with one attached hydrogen (secondary N) is 1. The van der Waals surface area contributed by atoms with E-state index in [0.717, 1.165) is 18.4 Å². The van der Waals surface area contributed by atoms with Crippen LogP contribution in [0.25, 0.3) is 5.65 Å². The van der Waals surface area contributed by atoms with Gasteiger partial charge in [-0.2, -0.15) is 5.10 Å². The molecular formula is C23H25N5O5. The fraction of sp³-hybridized carbons (Fsp3) is 0.391. The van der Waals surface area contributed by atoms with E-state index in [-0.39, 0.29) is 24.2 Å². The number of carbonyl (C=O) groups excluding carboxylic acids is 1. The molecule has 0 bridgehead atoms. The molecule has 2 amide bonds. The number of carbonyl (C=O) groups is 2. The summed E-state index contributed by atoms with van der Waals surface area (Å²) in [6.07, 6.45) is 6.07. The van der Waals surface area contributed by atoms with Crippen LogP contribution in [0.1, 0.15) is 42.6 Å². The lowest BCUT2D eigenvalue weighted by Gasteiger charge is -2.23. The first-order chi connectivity index (χ1) is 15.8. The Morgan fingerprint density at radius 3 is 3.03 bits per heavy atom. The normalized spacial score (nSPS) is 18.7. The second kappa shape index (κ2) is 7.95. The Morgan fingerprint density at radius 1 is 1.36 bits per heavy atom. The SMILES string of the molecule is CC1(C)Cc2cc(NC(=O)c3cnn4cccnc34)c(OC[C@H]3CCCN3C(=O)O)cc2O1. The van der Waals surface area contributed by atoms with E-state index in [1.54, 1.807) is 24.5 Å². The van der Waals surface area contributed by atoms with Gasteiger partial charge in [0, 0.05) is 37.0 Å². The third kappa shape index (κ3) is 4.04. The number of anilines is 1. The number of nitrogens with zero attached hydrogens (tertiary/aromatic N) is 4. The molecule has 0 unspecified atom stereocenters. The molecule has 3 aromatic rings. The van der Waals surface area contributed by atoms with Crippen LogP contribution in [0.3, 0.4) is 0 Å². The summed E-state index contributed by atoms with van der Waals surface area (Å²) in [4.78, 5) is 30.2. The van der Waals surface area contributed by atoms with Gasteiger partial charge >= 0.3 is 6.09 Å². The van der Waals surface area contributed by atoms with E-state index >= 15 is 0 Å². The van der Waals surface area contributed by atoms with Crippen molar-refractivity contribution in [3.05, 3.63) is 47.9 Å². The number of benzene rings is 1. The topological polar surface area (TPSA) is 118 Å². The molecule has 2 N–H and O–H groups in total. The van der Waals surface area contributed by atoms with Crippen LogP contribution in [0.5, 0.6) is 11.5 Å². The number of ether oxygens (including phenoxy) is 2. The van der Waals surface area contributed by atoms with Crippen molar-refractivity contribution in [2.24, 2.45) is 0 Å². The van der Waals surface area contributed by atoms with Gasteiger partial charge in [0.05, 0.1) is 17.9 Å². The standard InChI is InChI=1S/C23H25N5O5/c1-23(2)11-14-9-17(26-21(29)16-12-25-28-8-4-6-24-20(16)28)19(10-18(14)33-23)32-13-15-5-3-7-27(15)22(30)31/h4,6,8-10,12,15H,3,5,7,11,13H2,1-2H3,(H,26,29)(H,30,31)/t15-/m1/s1. The summed E-state index contributed by atoms with van der Waals surface area (Å²) in [5, 5.41) is 16.5. The predicted octanol–water partition coefficient (Wildman–Crippen LogP) is 3.22. The van der Waals surface area contributed by atoms with Gasteiger partial charge in [-0.25, -0.2) is 14.3 Å². The van der Waals surface area contributed by atoms with Gasteiger partial charge in [0.2, 0.25) is 0 Å². The number of hydrogen-bond donors (Lipinski definition) is 2. The van der Waals surface area contributed by atoms with Crippen molar-refractivity contribution in [1.82, 2.24) is 19.5 Å². The van der Waals surface area contributed by atoms with Crippen molar-refractivity contribution in [2.45, 2.75) is 44.8 Å². The quantitative estimate of drug-likeness (QED) is 0.611. The summed E-state index contributed by atoms with van der Waals surface area (Å²) in [5.41, 5.74) is 1.89. The van der Waals surface area contributed by atoms with Crippen LogP contribution in [0.4, 0.5) is 10.5 Å². The van der Waals surface area contributed by atoms with Crippen LogP contribution in [-0.4, -0.2) is 61.4 Å². The lowest BCUT2D eigenvalue weighted by molar-refractivity contribution is 0.102. The third-order valence-electron chi connectivity index (χ3n) is 5.99. The first-order valence-corrected chi connectivity index (χ1v) is 10.9. The van der Waals surface area contributed by atoms with Crippen molar-refractivity contribution in [3.63, 3.8) is 0 Å². The van der Waals surface area contributed by atoms with Crippen LogP contribution in [0, 0.1) is 0 Å². The second-order valence-corrected chi connectivity index (χ2v) is 8.98. The van der Waals surface area contributed by atoms with Crippen molar-refractivity contribution in [3.8, 4) is 11.5 Å². The Morgan fingerprint density at radius 2 is 2.21 bits per heavy atom. The zero-order valence-corrected chi connectivity index (χ0v) is 18.4. The van der Waals surface area contributed by atoms with Gasteiger partial charge in [-0.3, -0.25) is 4.79 Å². The van der Waals surface area contributed by atoms with Crippen LogP contribution in [-0.2, 0) is 6.42 Å². The Bertz CT molecular complexity index is 1240. The third-order valence-corrected chi connectivity index (χ3v) is 5.99. The molecule has 0 saturated carbocycles. The molecule has 2 aromatic heterocycles. The minimum Gasteiger partial charge on any atom is -0.489 e. The average molecular weight is 451 g/mol. The number of rotatable bonds is 5. The number of carboxylic acid groups (broad SMARTS) is 1. The molecule has 33 heavy (non-hydrogen) atoms. The maximum absolute atomic E-state index is 13.1. The molecule has 0 radical (unpaired) electrons. The van der Waals surface area contributed by atoms with Gasteiger partial charge in [-0.15, -0.1) is 0 Å². The summed E-state index contributed by atoms with van der Waals surface area (Å²) in [6, 6.07) is 5.13. The lowest BCUT2D eigenvalue weighted by Crippen LogP contribution is -2.38. The van der Waals surface area contributed by atoms with Gasteiger partial charge in [0.15, 0.2) is 5.65 Å². The number of likely N-dealkylation sites (tertiary alicyclic amines) is 1. The Hall–Kier alpha value is -3.82. The average Bonchev–Trinajstić information content (AvgIpc) is 3.47. The highest BCUT2D eigenvalue weighted by molar-refractivity contribution is 6.08. The van der Waals surface area contributed by atoms with Crippen molar-refractivity contribution < 1.29 is 24.2 Å². The fourth-order valence-electron chi connectivity index (χ4n) is 4.47. The van der Waals surface area contributed by atoms with E-state index in [9.17, 15) is 14.7 Å². The molecule has 1 atom stereocenters. The molecule has 1 fully saturated rings. The van der Waals surface area contributed by atoms with Gasteiger partial charge in [0.25, 0.3) is 5.91 Å². The van der Waals surface area contributed by atoms with Crippen LogP contribution in [0.2, 0.25) is 0 Å². The van der Waals surface area contributed by atoms with E-state index < -0.39 is 6.09 Å². The van der Waals surface area contributed by atoms with Crippen molar-refractivity contribution in [2.75, 3.05) is 18.5 Å². The highest BCUT2D eigenvalue weighted by Crippen LogP contribution is 2.41. The predicted molar refractivity (Wildman–Crippen MR) is 119 cm³/mol. The maximum atomic E-state index is 13.1. The molecule has 10 nitrogen and oxygen atoms in total. The minimum absolute atomic E-state index is 0.190. The number of amides is 2. The van der Waals surface area contributed by atoms with E-state index in [1.807, 2.05) is 19.9 Å². The van der Waals surface area contributed by atoms with Gasteiger partial charge in [-0.1, -0.05) is 0 Å². The van der Waals surface area contributed by atoms with Crippen LogP contribution in [0.15, 0.2) is 36.8 Å². The largest absolute Gasteiger partial charge is 0.489 e. The summed E-state index contributed by atoms with van der Waals surface area (Å²) < 4.78 is 13.6. The van der Waals surface area contributed by atoms with Gasteiger partial charge in [0.1, 0.15) is 29.3 Å². The van der Waals surface area contributed by atoms with Crippen LogP contribution >= 0.6 is 0 Å². The molecule has 2 aliphatic heterocycles. The number of fused-ring (bicyclic) bond motifs is 2. The Labute approximate surface area is 190 Å². The molecule has 10 heteroatoms. The summed E-state index contributed by atoms with van der Waals surface area (Å²) in [6.45, 7) is 4.69. The lowest BCUT2D eigenvalue weighted by atomic mass is 10.0. The minimum atomic E-state index is -0.950. The number of hydrogen-bond acceptors (Lipinski definition) is 6. The highest BCUT2D eigenvalue weighted by atomic mass is 16.5. The summed E-state index contributed by atoms with van der Waals surface area (Å²) in [7, 11) is 0. The molecule has 172 valence electrons. The molecule has 1 aromatic carbocycles. The molecule has 0 aliphatic carbocycles. The van der Waals surface area contributed by atoms with E-state index in [0.29, 0.717) is 41.4 Å². The zero-order valence-electron chi connectivity index (χ0n) is 18.4. The van der Waals surface area contributed by atoms with E-state index in [4.69, 9.17) is 9.47 Å². The maximum Gasteiger partial charge on any atom is 0.407 e. The summed E-state index contributed by atoms with van der Waals surface area (Å²) in [5.74, 6) is 0.772.